The van der Waals surface area contributed by atoms with Crippen LogP contribution < -0.4 is 0 Å². The molecule has 0 aromatic heterocycles. The SMILES string of the molecule is CC(=O)CC(=O)C(F)(F)F.[Cu]. The summed E-state index contributed by atoms with van der Waals surface area (Å²) in [7, 11) is 0. The van der Waals surface area contributed by atoms with Gasteiger partial charge in [-0.05, 0) is 6.92 Å². The van der Waals surface area contributed by atoms with Gasteiger partial charge in [-0.2, -0.15) is 13.2 Å². The van der Waals surface area contributed by atoms with Gasteiger partial charge in [-0.15, -0.1) is 0 Å². The first-order chi connectivity index (χ1) is 4.34. The molecule has 11 heavy (non-hydrogen) atoms. The summed E-state index contributed by atoms with van der Waals surface area (Å²) in [5, 5.41) is 0. The molecule has 0 rings (SSSR count). The smallest absolute Gasteiger partial charge is 0.300 e. The minimum absolute atomic E-state index is 0. The maximum absolute atomic E-state index is 11.3. The Kier molecular flexibility index (Phi) is 5.44. The number of carbonyl (C=O) groups is 2. The standard InChI is InChI=1S/C5H5F3O2.Cu/c1-3(9)2-4(10)5(6,7)8;/h2H2,1H3;. The number of ketones is 2. The topological polar surface area (TPSA) is 34.1 Å². The van der Waals surface area contributed by atoms with Gasteiger partial charge < -0.3 is 0 Å². The van der Waals surface area contributed by atoms with Gasteiger partial charge >= 0.3 is 6.18 Å². The van der Waals surface area contributed by atoms with Crippen molar-refractivity contribution in [2.24, 2.45) is 0 Å². The Morgan fingerprint density at radius 2 is 1.64 bits per heavy atom. The molecule has 0 aromatic carbocycles. The zero-order valence-corrected chi connectivity index (χ0v) is 6.40. The van der Waals surface area contributed by atoms with E-state index in [0.29, 0.717) is 0 Å². The van der Waals surface area contributed by atoms with Crippen molar-refractivity contribution in [3.8, 4) is 0 Å². The van der Waals surface area contributed by atoms with Crippen LogP contribution in [-0.2, 0) is 26.7 Å². The van der Waals surface area contributed by atoms with Gasteiger partial charge in [0.2, 0.25) is 5.78 Å². The fourth-order valence-electron chi connectivity index (χ4n) is 0.326. The summed E-state index contributed by atoms with van der Waals surface area (Å²) < 4.78 is 33.9. The fraction of sp³-hybridized carbons (Fsp3) is 0.600. The summed E-state index contributed by atoms with van der Waals surface area (Å²) in [6.45, 7) is 0.934. The summed E-state index contributed by atoms with van der Waals surface area (Å²) in [5.74, 6) is -2.76. The number of carbonyl (C=O) groups excluding carboxylic acids is 2. The molecule has 0 atom stereocenters. The van der Waals surface area contributed by atoms with Crippen LogP contribution >= 0.6 is 0 Å². The van der Waals surface area contributed by atoms with Crippen molar-refractivity contribution in [1.29, 1.82) is 0 Å². The maximum atomic E-state index is 11.3. The predicted octanol–water partition coefficient (Wildman–Crippen LogP) is 1.09. The zero-order valence-electron chi connectivity index (χ0n) is 5.46. The Morgan fingerprint density at radius 1 is 1.27 bits per heavy atom. The van der Waals surface area contributed by atoms with E-state index in [1.54, 1.807) is 0 Å². The summed E-state index contributed by atoms with van der Waals surface area (Å²) in [6, 6.07) is 0. The molecule has 6 heteroatoms. The number of hydrogen-bond donors (Lipinski definition) is 0. The second-order valence-electron chi connectivity index (χ2n) is 1.80. The van der Waals surface area contributed by atoms with E-state index in [4.69, 9.17) is 0 Å². The van der Waals surface area contributed by atoms with Gasteiger partial charge in [0.25, 0.3) is 0 Å². The maximum Gasteiger partial charge on any atom is 0.450 e. The van der Waals surface area contributed by atoms with E-state index in [0.717, 1.165) is 6.92 Å². The minimum Gasteiger partial charge on any atom is -0.300 e. The largest absolute Gasteiger partial charge is 0.450 e. The number of rotatable bonds is 2. The number of alkyl halides is 3. The Balaban J connectivity index is 0. The van der Waals surface area contributed by atoms with Crippen LogP contribution in [-0.4, -0.2) is 17.7 Å². The van der Waals surface area contributed by atoms with Gasteiger partial charge in [0.1, 0.15) is 5.78 Å². The molecular formula is C5H5CuF3O2. The molecule has 0 aliphatic carbocycles. The molecule has 2 nitrogen and oxygen atoms in total. The fourth-order valence-corrected chi connectivity index (χ4v) is 0.326. The van der Waals surface area contributed by atoms with Gasteiger partial charge in [-0.3, -0.25) is 9.59 Å². The van der Waals surface area contributed by atoms with E-state index in [9.17, 15) is 22.8 Å². The van der Waals surface area contributed by atoms with Crippen LogP contribution in [0.4, 0.5) is 13.2 Å². The summed E-state index contributed by atoms with van der Waals surface area (Å²) in [4.78, 5) is 19.9. The third-order valence-corrected chi connectivity index (χ3v) is 0.726. The molecule has 0 saturated carbocycles. The van der Waals surface area contributed by atoms with Crippen LogP contribution in [0.3, 0.4) is 0 Å². The van der Waals surface area contributed by atoms with E-state index < -0.39 is 24.2 Å². The molecule has 0 aliphatic heterocycles. The van der Waals surface area contributed by atoms with Crippen LogP contribution in [0, 0.1) is 0 Å². The van der Waals surface area contributed by atoms with Gasteiger partial charge in [-0.25, -0.2) is 0 Å². The zero-order chi connectivity index (χ0) is 8.36. The Morgan fingerprint density at radius 3 is 1.73 bits per heavy atom. The predicted molar refractivity (Wildman–Crippen MR) is 26.4 cm³/mol. The molecule has 1 radical (unpaired) electrons. The van der Waals surface area contributed by atoms with E-state index in [1.165, 1.54) is 0 Å². The Bertz CT molecular complexity index is 164. The molecule has 0 bridgehead atoms. The molecule has 0 heterocycles. The molecule has 0 aliphatic rings. The minimum atomic E-state index is -4.87. The molecule has 0 fully saturated rings. The number of Topliss-reactive ketones (excluding diaryl/α,β-unsaturated/α-hetero) is 2. The second kappa shape index (κ2) is 4.51. The third kappa shape index (κ3) is 6.06. The van der Waals surface area contributed by atoms with E-state index in [-0.39, 0.29) is 17.1 Å². The molecule has 69 valence electrons. The number of halogens is 3. The van der Waals surface area contributed by atoms with Crippen LogP contribution in [0.15, 0.2) is 0 Å². The number of hydrogen-bond acceptors (Lipinski definition) is 2. The molecule has 0 amide bonds. The van der Waals surface area contributed by atoms with E-state index in [1.807, 2.05) is 0 Å². The molecule has 0 unspecified atom stereocenters. The quantitative estimate of drug-likeness (QED) is 0.513. The molecule has 0 N–H and O–H groups in total. The van der Waals surface area contributed by atoms with Crippen LogP contribution in [0.2, 0.25) is 0 Å². The van der Waals surface area contributed by atoms with Crippen molar-refractivity contribution < 1.29 is 39.8 Å². The van der Waals surface area contributed by atoms with Crippen molar-refractivity contribution in [2.45, 2.75) is 19.5 Å². The third-order valence-electron chi connectivity index (χ3n) is 0.726. The van der Waals surface area contributed by atoms with Crippen LogP contribution in [0.1, 0.15) is 13.3 Å². The van der Waals surface area contributed by atoms with E-state index in [2.05, 4.69) is 0 Å². The normalized spacial score (nSPS) is 10.2. The van der Waals surface area contributed by atoms with Crippen molar-refractivity contribution in [3.05, 3.63) is 0 Å². The van der Waals surface area contributed by atoms with Crippen molar-refractivity contribution in [1.82, 2.24) is 0 Å². The molecule has 0 aromatic rings. The average Bonchev–Trinajstić information content (AvgIpc) is 1.60. The monoisotopic (exact) mass is 217 g/mol. The van der Waals surface area contributed by atoms with Crippen LogP contribution in [0.25, 0.3) is 0 Å². The van der Waals surface area contributed by atoms with Gasteiger partial charge in [0, 0.05) is 17.1 Å². The Hall–Kier alpha value is -0.351. The summed E-state index contributed by atoms with van der Waals surface area (Å²) in [6.07, 6.45) is -5.92. The van der Waals surface area contributed by atoms with Gasteiger partial charge in [0.05, 0.1) is 6.42 Å². The van der Waals surface area contributed by atoms with Crippen molar-refractivity contribution >= 4 is 11.6 Å². The van der Waals surface area contributed by atoms with Crippen molar-refractivity contribution in [3.63, 3.8) is 0 Å². The van der Waals surface area contributed by atoms with E-state index >= 15 is 0 Å². The summed E-state index contributed by atoms with van der Waals surface area (Å²) >= 11 is 0. The first kappa shape index (κ1) is 13.3. The first-order valence-electron chi connectivity index (χ1n) is 2.43. The van der Waals surface area contributed by atoms with Crippen molar-refractivity contribution in [2.75, 3.05) is 0 Å². The molecule has 0 saturated heterocycles. The molecular weight excluding hydrogens is 213 g/mol. The molecule has 0 spiro atoms. The summed E-state index contributed by atoms with van der Waals surface area (Å²) in [5.41, 5.74) is 0. The Labute approximate surface area is 71.6 Å². The second-order valence-corrected chi connectivity index (χ2v) is 1.80. The first-order valence-corrected chi connectivity index (χ1v) is 2.43. The van der Waals surface area contributed by atoms with Gasteiger partial charge in [-0.1, -0.05) is 0 Å². The average molecular weight is 218 g/mol. The van der Waals surface area contributed by atoms with Gasteiger partial charge in [0.15, 0.2) is 0 Å². The van der Waals surface area contributed by atoms with Crippen LogP contribution in [0.5, 0.6) is 0 Å².